The van der Waals surface area contributed by atoms with E-state index in [4.69, 9.17) is 5.21 Å². The number of sulfonamides is 1. The molecule has 8 heteroatoms. The van der Waals surface area contributed by atoms with Crippen LogP contribution in [-0.2, 0) is 10.0 Å². The number of aromatic nitrogens is 1. The van der Waals surface area contributed by atoms with Crippen LogP contribution in [0.25, 0.3) is 0 Å². The van der Waals surface area contributed by atoms with Crippen LogP contribution < -0.4 is 9.79 Å². The second-order valence-electron chi connectivity index (χ2n) is 4.24. The van der Waals surface area contributed by atoms with Crippen LogP contribution in [0.3, 0.4) is 0 Å². The summed E-state index contributed by atoms with van der Waals surface area (Å²) >= 11 is 0. The van der Waals surface area contributed by atoms with Gasteiger partial charge in [0.2, 0.25) is 0 Å². The summed E-state index contributed by atoms with van der Waals surface area (Å²) in [5, 5.41) is 8.51. The van der Waals surface area contributed by atoms with Crippen molar-refractivity contribution in [2.75, 3.05) is 38.1 Å². The molecular formula is C10H16N4O3S. The lowest BCUT2D eigenvalue weighted by atomic mass is 10.3. The molecule has 0 aliphatic carbocycles. The first-order valence-corrected chi connectivity index (χ1v) is 7.07. The smallest absolute Gasteiger partial charge is 0.263 e. The van der Waals surface area contributed by atoms with E-state index in [9.17, 15) is 8.42 Å². The van der Waals surface area contributed by atoms with Crippen molar-refractivity contribution in [1.29, 1.82) is 0 Å². The standard InChI is InChI=1S/C10H16N4O3S/c1-13-4-6-14(7-5-13)10-3-2-9(8-11-10)18(16,17)12-15/h2-3,8,12,15H,4-7H2,1H3. The van der Waals surface area contributed by atoms with Gasteiger partial charge in [-0.1, -0.05) is 4.89 Å². The van der Waals surface area contributed by atoms with Crippen LogP contribution in [0.2, 0.25) is 0 Å². The highest BCUT2D eigenvalue weighted by Gasteiger charge is 2.17. The third-order valence-corrected chi connectivity index (χ3v) is 4.08. The number of hydrogen-bond acceptors (Lipinski definition) is 6. The minimum absolute atomic E-state index is 0.0529. The first-order valence-electron chi connectivity index (χ1n) is 5.58. The Morgan fingerprint density at radius 3 is 2.44 bits per heavy atom. The van der Waals surface area contributed by atoms with E-state index in [0.717, 1.165) is 32.0 Å². The molecule has 1 aliphatic heterocycles. The predicted molar refractivity (Wildman–Crippen MR) is 66.1 cm³/mol. The molecule has 0 atom stereocenters. The topological polar surface area (TPSA) is 85.8 Å². The summed E-state index contributed by atoms with van der Waals surface area (Å²) < 4.78 is 22.6. The maximum absolute atomic E-state index is 11.3. The molecule has 2 heterocycles. The fourth-order valence-corrected chi connectivity index (χ4v) is 2.35. The van der Waals surface area contributed by atoms with Gasteiger partial charge in [-0.2, -0.15) is 0 Å². The van der Waals surface area contributed by atoms with Crippen molar-refractivity contribution in [3.05, 3.63) is 18.3 Å². The molecule has 0 aromatic carbocycles. The van der Waals surface area contributed by atoms with Gasteiger partial charge in [-0.3, -0.25) is 0 Å². The number of pyridine rings is 1. The van der Waals surface area contributed by atoms with Crippen LogP contribution in [0.1, 0.15) is 0 Å². The molecule has 1 aromatic rings. The lowest BCUT2D eigenvalue weighted by Gasteiger charge is -2.33. The zero-order chi connectivity index (χ0) is 13.2. The van der Waals surface area contributed by atoms with Crippen molar-refractivity contribution >= 4 is 15.8 Å². The summed E-state index contributed by atoms with van der Waals surface area (Å²) in [4.78, 5) is 9.67. The van der Waals surface area contributed by atoms with E-state index in [1.807, 2.05) is 0 Å². The van der Waals surface area contributed by atoms with Gasteiger partial charge in [-0.25, -0.2) is 13.4 Å². The fourth-order valence-electron chi connectivity index (χ4n) is 1.81. The van der Waals surface area contributed by atoms with E-state index in [1.165, 1.54) is 17.1 Å². The van der Waals surface area contributed by atoms with Gasteiger partial charge in [0.1, 0.15) is 10.7 Å². The summed E-state index contributed by atoms with van der Waals surface area (Å²) in [6.07, 6.45) is 1.24. The first-order chi connectivity index (χ1) is 8.53. The SMILES string of the molecule is CN1CCN(c2ccc(S(=O)(=O)NO)cn2)CC1. The summed E-state index contributed by atoms with van der Waals surface area (Å²) in [5.41, 5.74) is 0. The molecule has 0 saturated carbocycles. The van der Waals surface area contributed by atoms with Gasteiger partial charge < -0.3 is 15.0 Å². The Balaban J connectivity index is 2.13. The number of rotatable bonds is 3. The minimum Gasteiger partial charge on any atom is -0.354 e. The lowest BCUT2D eigenvalue weighted by Crippen LogP contribution is -2.44. The second-order valence-corrected chi connectivity index (χ2v) is 5.90. The Kier molecular flexibility index (Phi) is 3.81. The number of nitrogens with one attached hydrogen (secondary N) is 1. The molecule has 1 fully saturated rings. The molecule has 0 amide bonds. The molecule has 0 spiro atoms. The van der Waals surface area contributed by atoms with Gasteiger partial charge in [0, 0.05) is 32.4 Å². The van der Waals surface area contributed by atoms with Gasteiger partial charge in [-0.05, 0) is 19.2 Å². The average Bonchev–Trinajstić information content (AvgIpc) is 2.40. The normalized spacial score (nSPS) is 18.0. The largest absolute Gasteiger partial charge is 0.354 e. The van der Waals surface area contributed by atoms with Crippen LogP contribution in [0, 0.1) is 0 Å². The van der Waals surface area contributed by atoms with Gasteiger partial charge in [0.05, 0.1) is 0 Å². The molecule has 1 aliphatic rings. The molecule has 2 rings (SSSR count). The lowest BCUT2D eigenvalue weighted by molar-refractivity contribution is 0.242. The Morgan fingerprint density at radius 1 is 1.28 bits per heavy atom. The van der Waals surface area contributed by atoms with Gasteiger partial charge >= 0.3 is 0 Å². The number of piperazine rings is 1. The molecule has 0 unspecified atom stereocenters. The Hall–Kier alpha value is -1.22. The Morgan fingerprint density at radius 2 is 1.94 bits per heavy atom. The number of hydrogen-bond donors (Lipinski definition) is 2. The van der Waals surface area contributed by atoms with E-state index in [1.54, 1.807) is 6.07 Å². The summed E-state index contributed by atoms with van der Waals surface area (Å²) in [6, 6.07) is 3.08. The fraction of sp³-hybridized carbons (Fsp3) is 0.500. The highest BCUT2D eigenvalue weighted by Crippen LogP contribution is 2.15. The van der Waals surface area contributed by atoms with Gasteiger partial charge in [0.25, 0.3) is 10.0 Å². The highest BCUT2D eigenvalue weighted by molar-refractivity contribution is 7.89. The summed E-state index contributed by atoms with van der Waals surface area (Å²) in [5.74, 6) is 0.750. The van der Waals surface area contributed by atoms with Crippen molar-refractivity contribution in [2.24, 2.45) is 0 Å². The third-order valence-electron chi connectivity index (χ3n) is 2.98. The van der Waals surface area contributed by atoms with Crippen LogP contribution >= 0.6 is 0 Å². The Labute approximate surface area is 106 Å². The van der Waals surface area contributed by atoms with E-state index >= 15 is 0 Å². The predicted octanol–water partition coefficient (Wildman–Crippen LogP) is -0.499. The molecule has 0 bridgehead atoms. The number of anilines is 1. The van der Waals surface area contributed by atoms with E-state index in [2.05, 4.69) is 21.8 Å². The van der Waals surface area contributed by atoms with Crippen molar-refractivity contribution in [3.63, 3.8) is 0 Å². The molecular weight excluding hydrogens is 256 g/mol. The second kappa shape index (κ2) is 5.19. The monoisotopic (exact) mass is 272 g/mol. The van der Waals surface area contributed by atoms with E-state index in [0.29, 0.717) is 0 Å². The number of likely N-dealkylation sites (N-methyl/N-ethyl adjacent to an activating group) is 1. The molecule has 18 heavy (non-hydrogen) atoms. The zero-order valence-electron chi connectivity index (χ0n) is 10.1. The van der Waals surface area contributed by atoms with E-state index < -0.39 is 10.0 Å². The highest BCUT2D eigenvalue weighted by atomic mass is 32.2. The maximum Gasteiger partial charge on any atom is 0.263 e. The molecule has 0 radical (unpaired) electrons. The zero-order valence-corrected chi connectivity index (χ0v) is 10.9. The quantitative estimate of drug-likeness (QED) is 0.722. The van der Waals surface area contributed by atoms with Crippen molar-refractivity contribution in [2.45, 2.75) is 4.90 Å². The van der Waals surface area contributed by atoms with E-state index in [-0.39, 0.29) is 4.90 Å². The molecule has 1 saturated heterocycles. The third kappa shape index (κ3) is 2.78. The molecule has 2 N–H and O–H groups in total. The van der Waals surface area contributed by atoms with Crippen molar-refractivity contribution in [1.82, 2.24) is 14.8 Å². The van der Waals surface area contributed by atoms with Crippen molar-refractivity contribution in [3.8, 4) is 0 Å². The molecule has 7 nitrogen and oxygen atoms in total. The number of nitrogens with zero attached hydrogens (tertiary/aromatic N) is 3. The Bertz CT molecular complexity index is 494. The summed E-state index contributed by atoms with van der Waals surface area (Å²) in [7, 11) is -1.78. The van der Waals surface area contributed by atoms with Crippen molar-refractivity contribution < 1.29 is 13.6 Å². The average molecular weight is 272 g/mol. The van der Waals surface area contributed by atoms with Gasteiger partial charge in [0.15, 0.2) is 0 Å². The maximum atomic E-state index is 11.3. The van der Waals surface area contributed by atoms with Crippen LogP contribution in [0.5, 0.6) is 0 Å². The van der Waals surface area contributed by atoms with Crippen LogP contribution in [0.15, 0.2) is 23.2 Å². The molecule has 1 aromatic heterocycles. The van der Waals surface area contributed by atoms with Crippen LogP contribution in [-0.4, -0.2) is 56.7 Å². The minimum atomic E-state index is -3.84. The van der Waals surface area contributed by atoms with Crippen LogP contribution in [0.4, 0.5) is 5.82 Å². The molecule has 100 valence electrons. The summed E-state index contributed by atoms with van der Waals surface area (Å²) in [6.45, 7) is 3.65. The van der Waals surface area contributed by atoms with Gasteiger partial charge in [-0.15, -0.1) is 0 Å². The first kappa shape index (κ1) is 13.2.